The van der Waals surface area contributed by atoms with Crippen molar-refractivity contribution in [1.29, 1.82) is 0 Å². The van der Waals surface area contributed by atoms with E-state index in [-0.39, 0.29) is 5.91 Å². The molecule has 0 spiro atoms. The highest BCUT2D eigenvalue weighted by Gasteiger charge is 2.65. The number of anilines is 1. The SMILES string of the molecule is CCCCc1ccc(NC(=O)C2C(C(=O)O)C2(C)C)cc1. The minimum atomic E-state index is -0.893. The van der Waals surface area contributed by atoms with Gasteiger partial charge in [0.2, 0.25) is 5.91 Å². The number of benzene rings is 1. The van der Waals surface area contributed by atoms with Gasteiger partial charge in [-0.15, -0.1) is 0 Å². The molecule has 0 radical (unpaired) electrons. The summed E-state index contributed by atoms with van der Waals surface area (Å²) in [6.07, 6.45) is 3.36. The van der Waals surface area contributed by atoms with E-state index in [1.54, 1.807) is 0 Å². The van der Waals surface area contributed by atoms with Crippen molar-refractivity contribution in [3.05, 3.63) is 29.8 Å². The summed E-state index contributed by atoms with van der Waals surface area (Å²) >= 11 is 0. The van der Waals surface area contributed by atoms with Crippen LogP contribution in [0, 0.1) is 17.3 Å². The smallest absolute Gasteiger partial charge is 0.307 e. The van der Waals surface area contributed by atoms with Gasteiger partial charge in [-0.2, -0.15) is 0 Å². The number of nitrogens with one attached hydrogen (secondary N) is 1. The number of carboxylic acids is 1. The van der Waals surface area contributed by atoms with E-state index in [1.807, 2.05) is 38.1 Å². The van der Waals surface area contributed by atoms with Gasteiger partial charge in [0.15, 0.2) is 0 Å². The van der Waals surface area contributed by atoms with E-state index in [1.165, 1.54) is 5.56 Å². The van der Waals surface area contributed by atoms with E-state index in [9.17, 15) is 9.59 Å². The van der Waals surface area contributed by atoms with Crippen molar-refractivity contribution < 1.29 is 14.7 Å². The molecule has 1 aromatic carbocycles. The molecule has 0 aromatic heterocycles. The molecule has 1 saturated carbocycles. The molecule has 4 heteroatoms. The maximum Gasteiger partial charge on any atom is 0.307 e. The molecule has 114 valence electrons. The third kappa shape index (κ3) is 3.26. The fourth-order valence-corrected chi connectivity index (χ4v) is 2.94. The molecule has 1 aliphatic rings. The Morgan fingerprint density at radius 1 is 1.19 bits per heavy atom. The highest BCUT2D eigenvalue weighted by Crippen LogP contribution is 2.58. The summed E-state index contributed by atoms with van der Waals surface area (Å²) in [5.74, 6) is -2.13. The minimum Gasteiger partial charge on any atom is -0.481 e. The molecule has 2 atom stereocenters. The van der Waals surface area contributed by atoms with Crippen molar-refractivity contribution in [2.24, 2.45) is 17.3 Å². The van der Waals surface area contributed by atoms with Gasteiger partial charge in [-0.05, 0) is 36.0 Å². The topological polar surface area (TPSA) is 66.4 Å². The van der Waals surface area contributed by atoms with Crippen LogP contribution in [0.25, 0.3) is 0 Å². The van der Waals surface area contributed by atoms with Crippen LogP contribution in [0.3, 0.4) is 0 Å². The van der Waals surface area contributed by atoms with Crippen LogP contribution < -0.4 is 5.32 Å². The van der Waals surface area contributed by atoms with Gasteiger partial charge < -0.3 is 10.4 Å². The summed E-state index contributed by atoms with van der Waals surface area (Å²) in [7, 11) is 0. The number of unbranched alkanes of at least 4 members (excludes halogenated alkanes) is 1. The van der Waals surface area contributed by atoms with Crippen LogP contribution in [0.1, 0.15) is 39.2 Å². The molecular weight excluding hydrogens is 266 g/mol. The van der Waals surface area contributed by atoms with Crippen molar-refractivity contribution in [2.75, 3.05) is 5.32 Å². The second-order valence-corrected chi connectivity index (χ2v) is 6.40. The quantitative estimate of drug-likeness (QED) is 0.844. The van der Waals surface area contributed by atoms with Gasteiger partial charge in [-0.1, -0.05) is 39.3 Å². The van der Waals surface area contributed by atoms with E-state index < -0.39 is 23.2 Å². The molecule has 0 bridgehead atoms. The molecule has 2 rings (SSSR count). The van der Waals surface area contributed by atoms with Crippen LogP contribution in [0.5, 0.6) is 0 Å². The third-order valence-corrected chi connectivity index (χ3v) is 4.42. The van der Waals surface area contributed by atoms with Gasteiger partial charge in [-0.3, -0.25) is 9.59 Å². The molecule has 1 amide bonds. The molecule has 4 nitrogen and oxygen atoms in total. The number of aryl methyl sites for hydroxylation is 1. The largest absolute Gasteiger partial charge is 0.481 e. The van der Waals surface area contributed by atoms with Crippen LogP contribution in [0.4, 0.5) is 5.69 Å². The molecule has 2 unspecified atom stereocenters. The predicted molar refractivity (Wildman–Crippen MR) is 82.1 cm³/mol. The summed E-state index contributed by atoms with van der Waals surface area (Å²) in [5, 5.41) is 11.9. The molecule has 1 aromatic rings. The van der Waals surface area contributed by atoms with Crippen molar-refractivity contribution in [3.63, 3.8) is 0 Å². The fraction of sp³-hybridized carbons (Fsp3) is 0.529. The lowest BCUT2D eigenvalue weighted by Gasteiger charge is -2.07. The maximum absolute atomic E-state index is 12.2. The molecule has 1 aliphatic carbocycles. The highest BCUT2D eigenvalue weighted by molar-refractivity contribution is 5.99. The summed E-state index contributed by atoms with van der Waals surface area (Å²) in [6.45, 7) is 5.80. The molecular formula is C17H23NO3. The second kappa shape index (κ2) is 5.88. The standard InChI is InChI=1S/C17H23NO3/c1-4-5-6-11-7-9-12(10-8-11)18-15(19)13-14(16(20)21)17(13,2)3/h7-10,13-14H,4-6H2,1-3H3,(H,18,19)(H,20,21). The van der Waals surface area contributed by atoms with Crippen molar-refractivity contribution in [2.45, 2.75) is 40.0 Å². The zero-order valence-corrected chi connectivity index (χ0v) is 12.8. The average molecular weight is 289 g/mol. The lowest BCUT2D eigenvalue weighted by Crippen LogP contribution is -2.17. The third-order valence-electron chi connectivity index (χ3n) is 4.42. The van der Waals surface area contributed by atoms with E-state index in [2.05, 4.69) is 12.2 Å². The van der Waals surface area contributed by atoms with Gasteiger partial charge >= 0.3 is 5.97 Å². The first-order chi connectivity index (χ1) is 9.87. The number of rotatable bonds is 6. The van der Waals surface area contributed by atoms with Crippen LogP contribution in [-0.2, 0) is 16.0 Å². The van der Waals surface area contributed by atoms with E-state index in [4.69, 9.17) is 5.11 Å². The Morgan fingerprint density at radius 2 is 1.81 bits per heavy atom. The van der Waals surface area contributed by atoms with Gasteiger partial charge in [0.1, 0.15) is 0 Å². The normalized spacial score (nSPS) is 22.6. The Morgan fingerprint density at radius 3 is 2.29 bits per heavy atom. The van der Waals surface area contributed by atoms with Crippen molar-refractivity contribution in [3.8, 4) is 0 Å². The van der Waals surface area contributed by atoms with Gasteiger partial charge in [0.05, 0.1) is 11.8 Å². The molecule has 0 aliphatic heterocycles. The van der Waals surface area contributed by atoms with Crippen LogP contribution in [0.15, 0.2) is 24.3 Å². The van der Waals surface area contributed by atoms with Gasteiger partial charge in [0.25, 0.3) is 0 Å². The van der Waals surface area contributed by atoms with Crippen LogP contribution >= 0.6 is 0 Å². The predicted octanol–water partition coefficient (Wildman–Crippen LogP) is 3.32. The Kier molecular flexibility index (Phi) is 4.35. The highest BCUT2D eigenvalue weighted by atomic mass is 16.4. The van der Waals surface area contributed by atoms with Crippen molar-refractivity contribution in [1.82, 2.24) is 0 Å². The molecule has 0 saturated heterocycles. The average Bonchev–Trinajstić information content (AvgIpc) is 3.01. The maximum atomic E-state index is 12.2. The Labute approximate surface area is 125 Å². The Bertz CT molecular complexity index is 533. The molecule has 21 heavy (non-hydrogen) atoms. The van der Waals surface area contributed by atoms with Gasteiger partial charge in [0, 0.05) is 5.69 Å². The van der Waals surface area contributed by atoms with Crippen molar-refractivity contribution >= 4 is 17.6 Å². The minimum absolute atomic E-state index is 0.200. The first kappa shape index (κ1) is 15.5. The zero-order valence-electron chi connectivity index (χ0n) is 12.8. The molecule has 0 heterocycles. The van der Waals surface area contributed by atoms with E-state index >= 15 is 0 Å². The van der Waals surface area contributed by atoms with E-state index in [0.29, 0.717) is 0 Å². The lowest BCUT2D eigenvalue weighted by atomic mass is 10.1. The summed E-state index contributed by atoms with van der Waals surface area (Å²) < 4.78 is 0. The number of carbonyl (C=O) groups excluding carboxylic acids is 1. The number of aliphatic carboxylic acids is 1. The Hall–Kier alpha value is -1.84. The number of carboxylic acid groups (broad SMARTS) is 1. The first-order valence-corrected chi connectivity index (χ1v) is 7.50. The number of amides is 1. The van der Waals surface area contributed by atoms with Crippen LogP contribution in [0.2, 0.25) is 0 Å². The second-order valence-electron chi connectivity index (χ2n) is 6.40. The molecule has 2 N–H and O–H groups in total. The zero-order chi connectivity index (χ0) is 15.6. The fourth-order valence-electron chi connectivity index (χ4n) is 2.94. The number of hydrogen-bond donors (Lipinski definition) is 2. The summed E-state index contributed by atoms with van der Waals surface area (Å²) in [4.78, 5) is 23.3. The monoisotopic (exact) mass is 289 g/mol. The number of hydrogen-bond acceptors (Lipinski definition) is 2. The van der Waals surface area contributed by atoms with Crippen LogP contribution in [-0.4, -0.2) is 17.0 Å². The summed E-state index contributed by atoms with van der Waals surface area (Å²) in [6, 6.07) is 7.79. The Balaban J connectivity index is 1.96. The molecule has 1 fully saturated rings. The van der Waals surface area contributed by atoms with Gasteiger partial charge in [-0.25, -0.2) is 0 Å². The summed E-state index contributed by atoms with van der Waals surface area (Å²) in [5.41, 5.74) is 1.52. The first-order valence-electron chi connectivity index (χ1n) is 7.50. The number of carbonyl (C=O) groups is 2. The van der Waals surface area contributed by atoms with E-state index in [0.717, 1.165) is 24.9 Å². The lowest BCUT2D eigenvalue weighted by molar-refractivity contribution is -0.140.